The van der Waals surface area contributed by atoms with E-state index in [0.717, 1.165) is 24.5 Å². The van der Waals surface area contributed by atoms with Crippen molar-refractivity contribution in [2.45, 2.75) is 33.1 Å². The van der Waals surface area contributed by atoms with E-state index >= 15 is 0 Å². The molecule has 0 spiro atoms. The first-order chi connectivity index (χ1) is 7.67. The lowest BCUT2D eigenvalue weighted by Crippen LogP contribution is -2.12. The van der Waals surface area contributed by atoms with Gasteiger partial charge in [0.05, 0.1) is 6.61 Å². The Morgan fingerprint density at radius 3 is 2.62 bits per heavy atom. The third kappa shape index (κ3) is 4.09. The van der Waals surface area contributed by atoms with E-state index in [4.69, 9.17) is 4.74 Å². The number of hydrogen-bond donors (Lipinski definition) is 1. The van der Waals surface area contributed by atoms with E-state index in [1.807, 2.05) is 6.07 Å². The first kappa shape index (κ1) is 13.4. The van der Waals surface area contributed by atoms with Crippen molar-refractivity contribution >= 4 is 12.6 Å². The van der Waals surface area contributed by atoms with Gasteiger partial charge in [-0.3, -0.25) is 0 Å². The Balaban J connectivity index is 2.56. The molecule has 1 nitrogen and oxygen atoms in total. The molecule has 1 rings (SSSR count). The third-order valence-corrected chi connectivity index (χ3v) is 3.36. The molecule has 0 aliphatic carbocycles. The molecule has 1 atom stereocenters. The Labute approximate surface area is 105 Å². The molecule has 0 aliphatic rings. The summed E-state index contributed by atoms with van der Waals surface area (Å²) < 4.78 is 5.79. The summed E-state index contributed by atoms with van der Waals surface area (Å²) in [6, 6.07) is 8.37. The van der Waals surface area contributed by atoms with Crippen molar-refractivity contribution in [2.24, 2.45) is 5.92 Å². The highest BCUT2D eigenvalue weighted by atomic mass is 32.1. The molecule has 0 amide bonds. The zero-order valence-electron chi connectivity index (χ0n) is 10.4. The van der Waals surface area contributed by atoms with E-state index in [0.29, 0.717) is 11.8 Å². The molecule has 0 heterocycles. The van der Waals surface area contributed by atoms with Gasteiger partial charge in [-0.15, -0.1) is 0 Å². The predicted octanol–water partition coefficient (Wildman–Crippen LogP) is 4.14. The molecule has 0 N–H and O–H groups in total. The average molecular weight is 238 g/mol. The molecule has 2 heteroatoms. The highest BCUT2D eigenvalue weighted by Crippen LogP contribution is 2.20. The van der Waals surface area contributed by atoms with Crippen molar-refractivity contribution in [3.05, 3.63) is 29.8 Å². The van der Waals surface area contributed by atoms with Gasteiger partial charge in [-0.25, -0.2) is 0 Å². The van der Waals surface area contributed by atoms with Gasteiger partial charge in [-0.2, -0.15) is 12.6 Å². The van der Waals surface area contributed by atoms with Crippen molar-refractivity contribution in [2.75, 3.05) is 12.4 Å². The fourth-order valence-corrected chi connectivity index (χ4v) is 1.84. The Morgan fingerprint density at radius 2 is 2.06 bits per heavy atom. The van der Waals surface area contributed by atoms with E-state index in [9.17, 15) is 0 Å². The smallest absolute Gasteiger partial charge is 0.119 e. The molecule has 0 aliphatic heterocycles. The molecule has 0 bridgehead atoms. The number of ether oxygens (including phenoxy) is 1. The molecule has 0 saturated carbocycles. The van der Waals surface area contributed by atoms with Gasteiger partial charge in [0.1, 0.15) is 5.75 Å². The fourth-order valence-electron chi connectivity index (χ4n) is 1.48. The maximum absolute atomic E-state index is 5.79. The van der Waals surface area contributed by atoms with Crippen LogP contribution in [-0.2, 0) is 0 Å². The average Bonchev–Trinajstić information content (AvgIpc) is 2.31. The molecular formula is C14H22OS. The van der Waals surface area contributed by atoms with Crippen LogP contribution in [0.15, 0.2) is 24.3 Å². The maximum Gasteiger partial charge on any atom is 0.119 e. The number of benzene rings is 1. The van der Waals surface area contributed by atoms with Gasteiger partial charge in [-0.1, -0.05) is 32.9 Å². The lowest BCUT2D eigenvalue weighted by atomic mass is 10.0. The quantitative estimate of drug-likeness (QED) is 0.733. The monoisotopic (exact) mass is 238 g/mol. The summed E-state index contributed by atoms with van der Waals surface area (Å²) in [6.45, 7) is 7.33. The number of hydrogen-bond acceptors (Lipinski definition) is 2. The largest absolute Gasteiger partial charge is 0.493 e. The van der Waals surface area contributed by atoms with E-state index in [-0.39, 0.29) is 0 Å². The number of thiol groups is 1. The van der Waals surface area contributed by atoms with Crippen LogP contribution < -0.4 is 4.74 Å². The van der Waals surface area contributed by atoms with Gasteiger partial charge in [0.2, 0.25) is 0 Å². The highest BCUT2D eigenvalue weighted by Gasteiger charge is 2.06. The first-order valence-corrected chi connectivity index (χ1v) is 6.64. The second-order valence-electron chi connectivity index (χ2n) is 4.50. The van der Waals surface area contributed by atoms with E-state index < -0.39 is 0 Å². The molecule has 1 unspecified atom stereocenters. The van der Waals surface area contributed by atoms with Crippen LogP contribution in [0, 0.1) is 5.92 Å². The van der Waals surface area contributed by atoms with Crippen molar-refractivity contribution in [3.8, 4) is 5.75 Å². The Morgan fingerprint density at radius 1 is 1.31 bits per heavy atom. The molecule has 0 saturated heterocycles. The second-order valence-corrected chi connectivity index (χ2v) is 4.86. The summed E-state index contributed by atoms with van der Waals surface area (Å²) in [5.74, 6) is 2.97. The summed E-state index contributed by atoms with van der Waals surface area (Å²) >= 11 is 4.32. The summed E-state index contributed by atoms with van der Waals surface area (Å²) in [7, 11) is 0. The van der Waals surface area contributed by atoms with Gasteiger partial charge < -0.3 is 4.74 Å². The van der Waals surface area contributed by atoms with Gasteiger partial charge in [0.25, 0.3) is 0 Å². The summed E-state index contributed by atoms with van der Waals surface area (Å²) in [5, 5.41) is 0. The van der Waals surface area contributed by atoms with E-state index in [2.05, 4.69) is 51.6 Å². The van der Waals surface area contributed by atoms with Crippen LogP contribution in [0.5, 0.6) is 5.75 Å². The van der Waals surface area contributed by atoms with Crippen molar-refractivity contribution in [1.29, 1.82) is 0 Å². The van der Waals surface area contributed by atoms with Crippen LogP contribution in [0.1, 0.15) is 38.7 Å². The maximum atomic E-state index is 5.79. The highest BCUT2D eigenvalue weighted by molar-refractivity contribution is 7.80. The minimum absolute atomic E-state index is 0.547. The van der Waals surface area contributed by atoms with Gasteiger partial charge in [0, 0.05) is 5.92 Å². The van der Waals surface area contributed by atoms with E-state index in [1.165, 1.54) is 5.56 Å². The summed E-state index contributed by atoms with van der Waals surface area (Å²) in [5.41, 5.74) is 1.33. The lowest BCUT2D eigenvalue weighted by molar-refractivity contribution is 0.259. The standard InChI is InChI=1S/C14H22OS/c1-4-12(10-16)9-15-14-7-5-6-13(8-14)11(2)3/h5-8,11-12,16H,4,9-10H2,1-3H3. The zero-order chi connectivity index (χ0) is 12.0. The van der Waals surface area contributed by atoms with Gasteiger partial charge in [0.15, 0.2) is 0 Å². The molecule has 90 valence electrons. The van der Waals surface area contributed by atoms with Gasteiger partial charge >= 0.3 is 0 Å². The van der Waals surface area contributed by atoms with Crippen LogP contribution in [0.2, 0.25) is 0 Å². The van der Waals surface area contributed by atoms with Crippen molar-refractivity contribution in [3.63, 3.8) is 0 Å². The number of rotatable bonds is 6. The summed E-state index contributed by atoms with van der Waals surface area (Å²) in [4.78, 5) is 0. The Kier molecular flexibility index (Phi) is 5.75. The minimum atomic E-state index is 0.547. The van der Waals surface area contributed by atoms with Crippen LogP contribution in [0.4, 0.5) is 0 Å². The second kappa shape index (κ2) is 6.85. The van der Waals surface area contributed by atoms with Gasteiger partial charge in [-0.05, 0) is 35.8 Å². The van der Waals surface area contributed by atoms with Crippen LogP contribution in [0.25, 0.3) is 0 Å². The van der Waals surface area contributed by atoms with Crippen molar-refractivity contribution in [1.82, 2.24) is 0 Å². The van der Waals surface area contributed by atoms with Crippen LogP contribution in [-0.4, -0.2) is 12.4 Å². The SMILES string of the molecule is CCC(CS)COc1cccc(C(C)C)c1. The van der Waals surface area contributed by atoms with Crippen molar-refractivity contribution < 1.29 is 4.74 Å². The lowest BCUT2D eigenvalue weighted by Gasteiger charge is -2.14. The normalized spacial score (nSPS) is 12.8. The molecule has 0 radical (unpaired) electrons. The van der Waals surface area contributed by atoms with Crippen LogP contribution >= 0.6 is 12.6 Å². The summed E-state index contributed by atoms with van der Waals surface area (Å²) in [6.07, 6.45) is 1.12. The molecule has 1 aromatic rings. The van der Waals surface area contributed by atoms with Crippen LogP contribution in [0.3, 0.4) is 0 Å². The Bertz CT molecular complexity index is 305. The molecular weight excluding hydrogens is 216 g/mol. The van der Waals surface area contributed by atoms with E-state index in [1.54, 1.807) is 0 Å². The fraction of sp³-hybridized carbons (Fsp3) is 0.571. The molecule has 1 aromatic carbocycles. The topological polar surface area (TPSA) is 9.23 Å². The zero-order valence-corrected chi connectivity index (χ0v) is 11.3. The first-order valence-electron chi connectivity index (χ1n) is 6.01. The predicted molar refractivity (Wildman–Crippen MR) is 73.7 cm³/mol. The molecule has 16 heavy (non-hydrogen) atoms. The minimum Gasteiger partial charge on any atom is -0.493 e. The third-order valence-electron chi connectivity index (χ3n) is 2.85. The Hall–Kier alpha value is -0.630. The molecule has 0 fully saturated rings. The molecule has 0 aromatic heterocycles.